The summed E-state index contributed by atoms with van der Waals surface area (Å²) in [7, 11) is 0. The van der Waals surface area contributed by atoms with E-state index in [0.29, 0.717) is 6.61 Å². The number of terminal acetylenes is 1. The van der Waals surface area contributed by atoms with Crippen molar-refractivity contribution in [2.24, 2.45) is 0 Å². The van der Waals surface area contributed by atoms with Gasteiger partial charge in [0.05, 0.1) is 0 Å². The zero-order valence-corrected chi connectivity index (χ0v) is 10.5. The smallest absolute Gasteiger partial charge is 0.148 e. The minimum absolute atomic E-state index is 0. The molecule has 94 valence electrons. The molecular weight excluding hydrogens is 238 g/mol. The molecule has 0 radical (unpaired) electrons. The zero-order chi connectivity index (χ0) is 11.6. The highest BCUT2D eigenvalue weighted by Crippen LogP contribution is 2.12. The lowest BCUT2D eigenvalue weighted by atomic mass is 10.2. The van der Waals surface area contributed by atoms with Gasteiger partial charge in [-0.3, -0.25) is 0 Å². The van der Waals surface area contributed by atoms with Crippen LogP contribution in [0.25, 0.3) is 0 Å². The van der Waals surface area contributed by atoms with Crippen LogP contribution < -0.4 is 10.1 Å². The second-order valence-corrected chi connectivity index (χ2v) is 3.39. The van der Waals surface area contributed by atoms with Crippen molar-refractivity contribution in [1.29, 1.82) is 0 Å². The molecule has 0 aliphatic heterocycles. The highest BCUT2D eigenvalue weighted by molar-refractivity contribution is 5.85. The third-order valence-corrected chi connectivity index (χ3v) is 2.06. The first-order valence-corrected chi connectivity index (χ1v) is 5.33. The van der Waals surface area contributed by atoms with Gasteiger partial charge < -0.3 is 15.2 Å². The lowest BCUT2D eigenvalue weighted by Gasteiger charge is -2.06. The molecule has 0 amide bonds. The maximum atomic E-state index is 8.63. The number of hydrogen-bond acceptors (Lipinski definition) is 3. The molecule has 0 aromatic heterocycles. The number of hydrogen-bond donors (Lipinski definition) is 2. The number of halogens is 1. The summed E-state index contributed by atoms with van der Waals surface area (Å²) in [6.07, 6.45) is 5.89. The average molecular weight is 256 g/mol. The first-order chi connectivity index (χ1) is 7.86. The van der Waals surface area contributed by atoms with E-state index < -0.39 is 0 Å². The molecule has 1 rings (SSSR count). The summed E-state index contributed by atoms with van der Waals surface area (Å²) in [5, 5.41) is 11.9. The Morgan fingerprint density at radius 2 is 2.24 bits per heavy atom. The molecular formula is C13H18ClNO2. The van der Waals surface area contributed by atoms with Crippen LogP contribution in [0.1, 0.15) is 12.0 Å². The van der Waals surface area contributed by atoms with E-state index in [1.807, 2.05) is 24.3 Å². The van der Waals surface area contributed by atoms with Crippen molar-refractivity contribution in [3.8, 4) is 18.1 Å². The maximum Gasteiger partial charge on any atom is 0.148 e. The van der Waals surface area contributed by atoms with Gasteiger partial charge in [0.2, 0.25) is 0 Å². The highest BCUT2D eigenvalue weighted by Gasteiger charge is 1.96. The molecule has 3 nitrogen and oxygen atoms in total. The normalized spacial score (nSPS) is 9.18. The van der Waals surface area contributed by atoms with Crippen molar-refractivity contribution in [3.05, 3.63) is 29.8 Å². The van der Waals surface area contributed by atoms with Crippen molar-refractivity contribution in [1.82, 2.24) is 5.32 Å². The van der Waals surface area contributed by atoms with E-state index in [-0.39, 0.29) is 19.0 Å². The number of rotatable bonds is 7. The van der Waals surface area contributed by atoms with E-state index >= 15 is 0 Å². The van der Waals surface area contributed by atoms with Gasteiger partial charge in [-0.05, 0) is 30.7 Å². The van der Waals surface area contributed by atoms with Gasteiger partial charge in [-0.1, -0.05) is 18.1 Å². The van der Waals surface area contributed by atoms with Gasteiger partial charge in [0.1, 0.15) is 12.4 Å². The van der Waals surface area contributed by atoms with Gasteiger partial charge in [-0.25, -0.2) is 0 Å². The molecule has 0 aliphatic rings. The molecule has 0 saturated carbocycles. The summed E-state index contributed by atoms with van der Waals surface area (Å²) in [6.45, 7) is 2.10. The van der Waals surface area contributed by atoms with Crippen molar-refractivity contribution in [2.45, 2.75) is 13.0 Å². The van der Waals surface area contributed by atoms with Gasteiger partial charge in [-0.15, -0.1) is 18.8 Å². The van der Waals surface area contributed by atoms with Crippen LogP contribution in [0.2, 0.25) is 0 Å². The zero-order valence-electron chi connectivity index (χ0n) is 9.69. The van der Waals surface area contributed by atoms with Crippen LogP contribution in [-0.4, -0.2) is 24.9 Å². The molecule has 4 heteroatoms. The lowest BCUT2D eigenvalue weighted by molar-refractivity contribution is 0.286. The molecule has 17 heavy (non-hydrogen) atoms. The number of aliphatic hydroxyl groups excluding tert-OH is 1. The minimum atomic E-state index is 0. The van der Waals surface area contributed by atoms with Crippen LogP contribution in [-0.2, 0) is 6.54 Å². The molecule has 0 unspecified atom stereocenters. The summed E-state index contributed by atoms with van der Waals surface area (Å²) in [5.74, 6) is 3.22. The van der Waals surface area contributed by atoms with E-state index in [0.717, 1.165) is 30.8 Å². The quantitative estimate of drug-likeness (QED) is 0.574. The fourth-order valence-corrected chi connectivity index (χ4v) is 1.31. The van der Waals surface area contributed by atoms with E-state index in [1.54, 1.807) is 0 Å². The fraction of sp³-hybridized carbons (Fsp3) is 0.385. The SMILES string of the molecule is C#CCOc1cccc(CNCCCO)c1.Cl. The molecule has 0 fully saturated rings. The Labute approximate surface area is 109 Å². The third-order valence-electron chi connectivity index (χ3n) is 2.06. The van der Waals surface area contributed by atoms with Gasteiger partial charge in [0.25, 0.3) is 0 Å². The minimum Gasteiger partial charge on any atom is -0.481 e. The Morgan fingerprint density at radius 3 is 2.94 bits per heavy atom. The molecule has 0 atom stereocenters. The van der Waals surface area contributed by atoms with Gasteiger partial charge in [0, 0.05) is 13.2 Å². The predicted molar refractivity (Wildman–Crippen MR) is 71.4 cm³/mol. The molecule has 0 heterocycles. The van der Waals surface area contributed by atoms with Crippen molar-refractivity contribution < 1.29 is 9.84 Å². The van der Waals surface area contributed by atoms with Crippen LogP contribution in [0.4, 0.5) is 0 Å². The average Bonchev–Trinajstić information content (AvgIpc) is 2.33. The predicted octanol–water partition coefficient (Wildman–Crippen LogP) is 1.59. The largest absolute Gasteiger partial charge is 0.481 e. The summed E-state index contributed by atoms with van der Waals surface area (Å²) in [6, 6.07) is 7.81. The first-order valence-electron chi connectivity index (χ1n) is 5.33. The first kappa shape index (κ1) is 15.8. The summed E-state index contributed by atoms with van der Waals surface area (Å²) >= 11 is 0. The molecule has 0 aliphatic carbocycles. The number of aliphatic hydroxyl groups is 1. The standard InChI is InChI=1S/C13H17NO2.ClH/c1-2-9-16-13-6-3-5-12(10-13)11-14-7-4-8-15;/h1,3,5-6,10,14-15H,4,7-9,11H2;1H. The topological polar surface area (TPSA) is 41.5 Å². The monoisotopic (exact) mass is 255 g/mol. The Morgan fingerprint density at radius 1 is 1.41 bits per heavy atom. The highest BCUT2D eigenvalue weighted by atomic mass is 35.5. The molecule has 0 bridgehead atoms. The van der Waals surface area contributed by atoms with E-state index in [2.05, 4.69) is 11.2 Å². The molecule has 0 saturated heterocycles. The van der Waals surface area contributed by atoms with Crippen LogP contribution in [0.3, 0.4) is 0 Å². The van der Waals surface area contributed by atoms with E-state index in [4.69, 9.17) is 16.3 Å². The Hall–Kier alpha value is -1.21. The van der Waals surface area contributed by atoms with Crippen molar-refractivity contribution in [3.63, 3.8) is 0 Å². The maximum absolute atomic E-state index is 8.63. The van der Waals surface area contributed by atoms with Crippen LogP contribution >= 0.6 is 12.4 Å². The number of benzene rings is 1. The Balaban J connectivity index is 0.00000256. The van der Waals surface area contributed by atoms with Gasteiger partial charge >= 0.3 is 0 Å². The Kier molecular flexibility index (Phi) is 9.27. The van der Waals surface area contributed by atoms with E-state index in [1.165, 1.54) is 0 Å². The van der Waals surface area contributed by atoms with Gasteiger partial charge in [0.15, 0.2) is 0 Å². The van der Waals surface area contributed by atoms with E-state index in [9.17, 15) is 0 Å². The number of nitrogens with one attached hydrogen (secondary N) is 1. The fourth-order valence-electron chi connectivity index (χ4n) is 1.31. The molecule has 1 aromatic rings. The summed E-state index contributed by atoms with van der Waals surface area (Å²) < 4.78 is 5.32. The second kappa shape index (κ2) is 9.98. The summed E-state index contributed by atoms with van der Waals surface area (Å²) in [4.78, 5) is 0. The second-order valence-electron chi connectivity index (χ2n) is 3.39. The molecule has 2 N–H and O–H groups in total. The van der Waals surface area contributed by atoms with Crippen molar-refractivity contribution >= 4 is 12.4 Å². The van der Waals surface area contributed by atoms with Crippen LogP contribution in [0, 0.1) is 12.3 Å². The Bertz CT molecular complexity index is 350. The van der Waals surface area contributed by atoms with Crippen molar-refractivity contribution in [2.75, 3.05) is 19.8 Å². The third kappa shape index (κ3) is 6.85. The van der Waals surface area contributed by atoms with Crippen LogP contribution in [0.5, 0.6) is 5.75 Å². The molecule has 0 spiro atoms. The number of ether oxygens (including phenoxy) is 1. The molecule has 1 aromatic carbocycles. The van der Waals surface area contributed by atoms with Gasteiger partial charge in [-0.2, -0.15) is 0 Å². The van der Waals surface area contributed by atoms with Crippen LogP contribution in [0.15, 0.2) is 24.3 Å². The summed E-state index contributed by atoms with van der Waals surface area (Å²) in [5.41, 5.74) is 1.15. The lowest BCUT2D eigenvalue weighted by Crippen LogP contribution is -2.15.